The number of hydrogen-bond acceptors (Lipinski definition) is 4. The number of carbonyl (C=O) groups excluding carboxylic acids is 1. The maximum absolute atomic E-state index is 12.4. The van der Waals surface area contributed by atoms with Crippen molar-refractivity contribution in [2.24, 2.45) is 0 Å². The lowest BCUT2D eigenvalue weighted by Crippen LogP contribution is -2.50. The molecule has 126 valence electrons. The van der Waals surface area contributed by atoms with Gasteiger partial charge >= 0.3 is 0 Å². The fourth-order valence-corrected chi connectivity index (χ4v) is 2.67. The van der Waals surface area contributed by atoms with Crippen LogP contribution in [-0.4, -0.2) is 38.3 Å². The summed E-state index contributed by atoms with van der Waals surface area (Å²) in [6, 6.07) is 17.5. The molecule has 2 aromatic rings. The van der Waals surface area contributed by atoms with Crippen molar-refractivity contribution in [1.29, 1.82) is 0 Å². The molecule has 0 saturated carbocycles. The minimum atomic E-state index is -0.637. The number of anilines is 1. The lowest BCUT2D eigenvalue weighted by molar-refractivity contribution is -0.133. The van der Waals surface area contributed by atoms with E-state index in [4.69, 9.17) is 9.47 Å². The van der Waals surface area contributed by atoms with Crippen LogP contribution in [0.2, 0.25) is 0 Å². The third-order valence-electron chi connectivity index (χ3n) is 4.04. The average molecular weight is 326 g/mol. The van der Waals surface area contributed by atoms with Crippen LogP contribution in [0.3, 0.4) is 0 Å². The number of para-hydroxylation sites is 3. The predicted molar refractivity (Wildman–Crippen MR) is 93.7 cm³/mol. The van der Waals surface area contributed by atoms with Gasteiger partial charge in [-0.25, -0.2) is 0 Å². The molecule has 0 bridgehead atoms. The van der Waals surface area contributed by atoms with Crippen molar-refractivity contribution in [2.45, 2.75) is 19.1 Å². The molecule has 1 N–H and O–H groups in total. The number of amides is 1. The van der Waals surface area contributed by atoms with Gasteiger partial charge in [-0.2, -0.15) is 0 Å². The zero-order valence-electron chi connectivity index (χ0n) is 13.9. The molecule has 1 aliphatic rings. The largest absolute Gasteiger partial charge is 0.482 e. The molecule has 24 heavy (non-hydrogen) atoms. The molecule has 5 nitrogen and oxygen atoms in total. The highest BCUT2D eigenvalue weighted by Gasteiger charge is 2.33. The molecule has 0 fully saturated rings. The SMILES string of the molecule is CC1Oc2ccccc2OC1C(=O)NCCN(C)c1ccccc1. The van der Waals surface area contributed by atoms with Crippen LogP contribution >= 0.6 is 0 Å². The number of carbonyl (C=O) groups is 1. The van der Waals surface area contributed by atoms with E-state index in [-0.39, 0.29) is 12.0 Å². The van der Waals surface area contributed by atoms with Crippen LogP contribution in [0.25, 0.3) is 0 Å². The minimum absolute atomic E-state index is 0.154. The fourth-order valence-electron chi connectivity index (χ4n) is 2.67. The molecule has 0 radical (unpaired) electrons. The van der Waals surface area contributed by atoms with Crippen LogP contribution in [0.15, 0.2) is 54.6 Å². The summed E-state index contributed by atoms with van der Waals surface area (Å²) in [5.74, 6) is 1.13. The summed E-state index contributed by atoms with van der Waals surface area (Å²) in [7, 11) is 2.00. The van der Waals surface area contributed by atoms with Crippen LogP contribution in [-0.2, 0) is 4.79 Å². The highest BCUT2D eigenvalue weighted by molar-refractivity contribution is 5.82. The normalized spacial score (nSPS) is 18.8. The van der Waals surface area contributed by atoms with Gasteiger partial charge in [0.05, 0.1) is 0 Å². The summed E-state index contributed by atoms with van der Waals surface area (Å²) in [6.07, 6.45) is -0.964. The minimum Gasteiger partial charge on any atom is -0.482 e. The Balaban J connectivity index is 1.52. The summed E-state index contributed by atoms with van der Waals surface area (Å²) in [5, 5.41) is 2.93. The van der Waals surface area contributed by atoms with Gasteiger partial charge in [0, 0.05) is 25.8 Å². The van der Waals surface area contributed by atoms with Crippen molar-refractivity contribution >= 4 is 11.6 Å². The van der Waals surface area contributed by atoms with E-state index in [0.29, 0.717) is 24.6 Å². The Morgan fingerprint density at radius 2 is 1.67 bits per heavy atom. The topological polar surface area (TPSA) is 50.8 Å². The summed E-state index contributed by atoms with van der Waals surface area (Å²) < 4.78 is 11.6. The Bertz CT molecular complexity index is 690. The van der Waals surface area contributed by atoms with Gasteiger partial charge in [0.25, 0.3) is 5.91 Å². The number of fused-ring (bicyclic) bond motifs is 1. The van der Waals surface area contributed by atoms with Gasteiger partial charge in [-0.3, -0.25) is 4.79 Å². The van der Waals surface area contributed by atoms with Crippen LogP contribution in [0, 0.1) is 0 Å². The first-order chi connectivity index (χ1) is 11.6. The average Bonchev–Trinajstić information content (AvgIpc) is 2.61. The highest BCUT2D eigenvalue weighted by atomic mass is 16.6. The molecular formula is C19H22N2O3. The van der Waals surface area contributed by atoms with Crippen molar-refractivity contribution < 1.29 is 14.3 Å². The van der Waals surface area contributed by atoms with Crippen molar-refractivity contribution in [3.63, 3.8) is 0 Å². The van der Waals surface area contributed by atoms with E-state index in [9.17, 15) is 4.79 Å². The number of benzene rings is 2. The van der Waals surface area contributed by atoms with Crippen molar-refractivity contribution in [3.8, 4) is 11.5 Å². The van der Waals surface area contributed by atoms with Gasteiger partial charge in [-0.15, -0.1) is 0 Å². The number of nitrogens with zero attached hydrogens (tertiary/aromatic N) is 1. The zero-order valence-corrected chi connectivity index (χ0v) is 13.9. The second-order valence-corrected chi connectivity index (χ2v) is 5.86. The molecule has 2 aromatic carbocycles. The lowest BCUT2D eigenvalue weighted by Gasteiger charge is -2.31. The molecular weight excluding hydrogens is 304 g/mol. The first-order valence-corrected chi connectivity index (χ1v) is 8.11. The predicted octanol–water partition coefficient (Wildman–Crippen LogP) is 2.47. The summed E-state index contributed by atoms with van der Waals surface area (Å²) in [6.45, 7) is 3.10. The number of nitrogens with one attached hydrogen (secondary N) is 1. The van der Waals surface area contributed by atoms with Gasteiger partial charge in [0.2, 0.25) is 6.10 Å². The maximum Gasteiger partial charge on any atom is 0.265 e. The van der Waals surface area contributed by atoms with Gasteiger partial charge < -0.3 is 19.7 Å². The molecule has 0 aliphatic carbocycles. The standard InChI is InChI=1S/C19H22N2O3/c1-14-18(24-17-11-7-6-10-16(17)23-14)19(22)20-12-13-21(2)15-8-4-3-5-9-15/h3-11,14,18H,12-13H2,1-2H3,(H,20,22). The van der Waals surface area contributed by atoms with Gasteiger partial charge in [0.15, 0.2) is 11.5 Å². The van der Waals surface area contributed by atoms with Crippen LogP contribution in [0.4, 0.5) is 5.69 Å². The van der Waals surface area contributed by atoms with E-state index in [1.807, 2.05) is 68.6 Å². The molecule has 1 amide bonds. The lowest BCUT2D eigenvalue weighted by atomic mass is 10.1. The van der Waals surface area contributed by atoms with Crippen LogP contribution in [0.5, 0.6) is 11.5 Å². The van der Waals surface area contributed by atoms with E-state index in [1.165, 1.54) is 0 Å². The molecule has 3 rings (SSSR count). The number of hydrogen-bond donors (Lipinski definition) is 1. The molecule has 1 heterocycles. The van der Waals surface area contributed by atoms with Crippen LogP contribution in [0.1, 0.15) is 6.92 Å². The molecule has 5 heteroatoms. The second kappa shape index (κ2) is 7.25. The summed E-state index contributed by atoms with van der Waals surface area (Å²) in [5.41, 5.74) is 1.12. The van der Waals surface area contributed by atoms with Crippen molar-refractivity contribution in [2.75, 3.05) is 25.0 Å². The molecule has 1 aliphatic heterocycles. The second-order valence-electron chi connectivity index (χ2n) is 5.86. The highest BCUT2D eigenvalue weighted by Crippen LogP contribution is 2.33. The Hall–Kier alpha value is -2.69. The zero-order chi connectivity index (χ0) is 16.9. The number of ether oxygens (including phenoxy) is 2. The van der Waals surface area contributed by atoms with Gasteiger partial charge in [-0.05, 0) is 31.2 Å². The summed E-state index contributed by atoms with van der Waals surface area (Å²) >= 11 is 0. The Labute approximate surface area is 142 Å². The third-order valence-corrected chi connectivity index (χ3v) is 4.04. The van der Waals surface area contributed by atoms with E-state index in [1.54, 1.807) is 0 Å². The first-order valence-electron chi connectivity index (χ1n) is 8.11. The third kappa shape index (κ3) is 3.62. The van der Waals surface area contributed by atoms with E-state index in [0.717, 1.165) is 5.69 Å². The van der Waals surface area contributed by atoms with Gasteiger partial charge in [0.1, 0.15) is 6.10 Å². The smallest absolute Gasteiger partial charge is 0.265 e. The monoisotopic (exact) mass is 326 g/mol. The quantitative estimate of drug-likeness (QED) is 0.917. The number of rotatable bonds is 5. The maximum atomic E-state index is 12.4. The van der Waals surface area contributed by atoms with Crippen LogP contribution < -0.4 is 19.7 Å². The van der Waals surface area contributed by atoms with E-state index in [2.05, 4.69) is 10.2 Å². The Morgan fingerprint density at radius 1 is 1.04 bits per heavy atom. The van der Waals surface area contributed by atoms with Crippen molar-refractivity contribution in [1.82, 2.24) is 5.32 Å². The molecule has 0 spiro atoms. The molecule has 0 aromatic heterocycles. The molecule has 0 saturated heterocycles. The first kappa shape index (κ1) is 16.2. The Morgan fingerprint density at radius 3 is 2.38 bits per heavy atom. The number of likely N-dealkylation sites (N-methyl/N-ethyl adjacent to an activating group) is 1. The Kier molecular flexibility index (Phi) is 4.89. The van der Waals surface area contributed by atoms with Crippen molar-refractivity contribution in [3.05, 3.63) is 54.6 Å². The summed E-state index contributed by atoms with van der Waals surface area (Å²) in [4.78, 5) is 14.5. The van der Waals surface area contributed by atoms with Gasteiger partial charge in [-0.1, -0.05) is 30.3 Å². The van der Waals surface area contributed by atoms with E-state index >= 15 is 0 Å². The van der Waals surface area contributed by atoms with E-state index < -0.39 is 6.10 Å². The molecule has 2 atom stereocenters. The molecule has 2 unspecified atom stereocenters. The fraction of sp³-hybridized carbons (Fsp3) is 0.316.